The van der Waals surface area contributed by atoms with Crippen LogP contribution in [0.15, 0.2) is 60.7 Å². The van der Waals surface area contributed by atoms with Crippen LogP contribution in [-0.4, -0.2) is 18.2 Å². The number of hydrogen-bond donors (Lipinski definition) is 1. The van der Waals surface area contributed by atoms with Gasteiger partial charge in [0.25, 0.3) is 6.43 Å². The number of halogens is 2. The Morgan fingerprint density at radius 1 is 1.00 bits per heavy atom. The van der Waals surface area contributed by atoms with E-state index in [0.29, 0.717) is 16.9 Å². The van der Waals surface area contributed by atoms with E-state index in [1.807, 2.05) is 31.2 Å². The zero-order valence-corrected chi connectivity index (χ0v) is 16.3. The van der Waals surface area contributed by atoms with E-state index >= 15 is 0 Å². The summed E-state index contributed by atoms with van der Waals surface area (Å²) < 4.78 is 33.0. The number of carboxylic acid groups (broad SMARTS) is 1. The van der Waals surface area contributed by atoms with E-state index in [9.17, 15) is 13.6 Å². The lowest BCUT2D eigenvalue weighted by atomic mass is 9.91. The van der Waals surface area contributed by atoms with Gasteiger partial charge in [0, 0.05) is 12.0 Å². The maximum atomic E-state index is 13.9. The van der Waals surface area contributed by atoms with Crippen LogP contribution in [0.4, 0.5) is 8.78 Å². The maximum Gasteiger partial charge on any atom is 0.303 e. The lowest BCUT2D eigenvalue weighted by Crippen LogP contribution is -2.00. The summed E-state index contributed by atoms with van der Waals surface area (Å²) in [6.07, 6.45) is -2.40. The van der Waals surface area contributed by atoms with Gasteiger partial charge in [-0.25, -0.2) is 8.78 Å². The average Bonchev–Trinajstić information content (AvgIpc) is 2.71. The molecule has 0 radical (unpaired) electrons. The summed E-state index contributed by atoms with van der Waals surface area (Å²) in [6, 6.07) is 17.8. The van der Waals surface area contributed by atoms with E-state index in [-0.39, 0.29) is 18.4 Å². The van der Waals surface area contributed by atoms with Crippen LogP contribution in [0.2, 0.25) is 0 Å². The predicted molar refractivity (Wildman–Crippen MR) is 110 cm³/mol. The molecule has 0 heterocycles. The van der Waals surface area contributed by atoms with E-state index in [4.69, 9.17) is 9.84 Å². The van der Waals surface area contributed by atoms with Gasteiger partial charge in [0.05, 0.1) is 7.11 Å². The molecule has 0 aliphatic heterocycles. The molecule has 0 saturated heterocycles. The number of aryl methyl sites for hydroxylation is 2. The molecule has 3 nitrogen and oxygen atoms in total. The second kappa shape index (κ2) is 8.86. The third kappa shape index (κ3) is 4.80. The Kier molecular flexibility index (Phi) is 6.27. The fraction of sp³-hybridized carbons (Fsp3) is 0.208. The van der Waals surface area contributed by atoms with Crippen LogP contribution in [0.25, 0.3) is 22.3 Å². The molecule has 0 aromatic heterocycles. The second-order valence-corrected chi connectivity index (χ2v) is 6.89. The molecule has 3 rings (SSSR count). The van der Waals surface area contributed by atoms with Crippen LogP contribution in [-0.2, 0) is 11.2 Å². The molecule has 0 fully saturated rings. The minimum atomic E-state index is -2.63. The van der Waals surface area contributed by atoms with Gasteiger partial charge in [-0.15, -0.1) is 0 Å². The van der Waals surface area contributed by atoms with E-state index in [1.165, 1.54) is 13.2 Å². The van der Waals surface area contributed by atoms with Crippen LogP contribution in [0, 0.1) is 6.92 Å². The Morgan fingerprint density at radius 2 is 1.72 bits per heavy atom. The van der Waals surface area contributed by atoms with Crippen molar-refractivity contribution in [2.75, 3.05) is 7.11 Å². The Bertz CT molecular complexity index is 1030. The number of carbonyl (C=O) groups is 1. The molecule has 0 saturated carbocycles. The largest absolute Gasteiger partial charge is 0.497 e. The van der Waals surface area contributed by atoms with E-state index < -0.39 is 12.4 Å². The van der Waals surface area contributed by atoms with Crippen LogP contribution in [0.3, 0.4) is 0 Å². The number of alkyl halides is 2. The normalized spacial score (nSPS) is 10.9. The van der Waals surface area contributed by atoms with Crippen molar-refractivity contribution in [3.63, 3.8) is 0 Å². The topological polar surface area (TPSA) is 46.5 Å². The smallest absolute Gasteiger partial charge is 0.303 e. The SMILES string of the molecule is COc1ccc(-c2ccc(-c3cccc(C)c3)c(C(F)F)c2)c(CCC(=O)O)c1. The summed E-state index contributed by atoms with van der Waals surface area (Å²) in [6.45, 7) is 1.92. The molecule has 0 atom stereocenters. The van der Waals surface area contributed by atoms with Gasteiger partial charge in [-0.3, -0.25) is 4.79 Å². The van der Waals surface area contributed by atoms with Crippen LogP contribution in [0.5, 0.6) is 5.75 Å². The Morgan fingerprint density at radius 3 is 2.38 bits per heavy atom. The van der Waals surface area contributed by atoms with Crippen molar-refractivity contribution in [1.82, 2.24) is 0 Å². The third-order valence-electron chi connectivity index (χ3n) is 4.85. The molecular weight excluding hydrogens is 374 g/mol. The number of carboxylic acids is 1. The number of rotatable bonds is 7. The van der Waals surface area contributed by atoms with E-state index in [0.717, 1.165) is 22.3 Å². The number of hydrogen-bond acceptors (Lipinski definition) is 2. The first-order valence-electron chi connectivity index (χ1n) is 9.27. The minimum Gasteiger partial charge on any atom is -0.497 e. The molecule has 0 aliphatic carbocycles. The summed E-state index contributed by atoms with van der Waals surface area (Å²) >= 11 is 0. The molecule has 150 valence electrons. The quantitative estimate of drug-likeness (QED) is 0.510. The monoisotopic (exact) mass is 396 g/mol. The fourth-order valence-corrected chi connectivity index (χ4v) is 3.41. The zero-order valence-electron chi connectivity index (χ0n) is 16.3. The summed E-state index contributed by atoms with van der Waals surface area (Å²) in [5.74, 6) is -0.318. The Hall–Kier alpha value is -3.21. The molecule has 29 heavy (non-hydrogen) atoms. The van der Waals surface area contributed by atoms with Crippen molar-refractivity contribution in [2.45, 2.75) is 26.2 Å². The average molecular weight is 396 g/mol. The van der Waals surface area contributed by atoms with Gasteiger partial charge in [0.15, 0.2) is 0 Å². The molecular formula is C24H22F2O3. The van der Waals surface area contributed by atoms with Crippen molar-refractivity contribution in [2.24, 2.45) is 0 Å². The van der Waals surface area contributed by atoms with Crippen molar-refractivity contribution in [1.29, 1.82) is 0 Å². The highest BCUT2D eigenvalue weighted by Crippen LogP contribution is 2.37. The van der Waals surface area contributed by atoms with Crippen LogP contribution in [0.1, 0.15) is 29.5 Å². The van der Waals surface area contributed by atoms with Crippen molar-refractivity contribution in [3.05, 3.63) is 77.4 Å². The molecule has 1 N–H and O–H groups in total. The van der Waals surface area contributed by atoms with Crippen molar-refractivity contribution in [3.8, 4) is 28.0 Å². The summed E-state index contributed by atoms with van der Waals surface area (Å²) in [5, 5.41) is 9.03. The summed E-state index contributed by atoms with van der Waals surface area (Å²) in [7, 11) is 1.53. The minimum absolute atomic E-state index is 0.0481. The van der Waals surface area contributed by atoms with Gasteiger partial charge in [-0.05, 0) is 59.4 Å². The predicted octanol–water partition coefficient (Wildman–Crippen LogP) is 6.29. The molecule has 5 heteroatoms. The molecule has 0 unspecified atom stereocenters. The third-order valence-corrected chi connectivity index (χ3v) is 4.85. The van der Waals surface area contributed by atoms with E-state index in [1.54, 1.807) is 30.3 Å². The van der Waals surface area contributed by atoms with Gasteiger partial charge in [0.2, 0.25) is 0 Å². The number of methoxy groups -OCH3 is 1. The summed E-state index contributed by atoms with van der Waals surface area (Å²) in [5.41, 5.74) is 4.28. The van der Waals surface area contributed by atoms with E-state index in [2.05, 4.69) is 0 Å². The van der Waals surface area contributed by atoms with Gasteiger partial charge in [-0.1, -0.05) is 48.0 Å². The summed E-state index contributed by atoms with van der Waals surface area (Å²) in [4.78, 5) is 11.0. The number of benzene rings is 3. The second-order valence-electron chi connectivity index (χ2n) is 6.89. The van der Waals surface area contributed by atoms with Crippen LogP contribution < -0.4 is 4.74 Å². The molecule has 3 aromatic rings. The van der Waals surface area contributed by atoms with Gasteiger partial charge in [-0.2, -0.15) is 0 Å². The number of aliphatic carboxylic acids is 1. The maximum absolute atomic E-state index is 13.9. The molecule has 0 bridgehead atoms. The highest BCUT2D eigenvalue weighted by molar-refractivity contribution is 5.76. The van der Waals surface area contributed by atoms with Crippen molar-refractivity contribution < 1.29 is 23.4 Å². The Labute approximate surface area is 168 Å². The van der Waals surface area contributed by atoms with Gasteiger partial charge < -0.3 is 9.84 Å². The number of ether oxygens (including phenoxy) is 1. The van der Waals surface area contributed by atoms with Gasteiger partial charge >= 0.3 is 5.97 Å². The zero-order chi connectivity index (χ0) is 21.0. The molecule has 0 spiro atoms. The Balaban J connectivity index is 2.10. The fourth-order valence-electron chi connectivity index (χ4n) is 3.41. The lowest BCUT2D eigenvalue weighted by molar-refractivity contribution is -0.136. The first kappa shape index (κ1) is 20.5. The first-order chi connectivity index (χ1) is 13.9. The first-order valence-corrected chi connectivity index (χ1v) is 9.27. The molecule has 0 amide bonds. The lowest BCUT2D eigenvalue weighted by Gasteiger charge is -2.15. The standard InChI is InChI=1S/C24H22F2O3/c1-15-4-3-5-16(12-15)21-9-6-18(14-22(21)24(25)26)20-10-8-19(29-2)13-17(20)7-11-23(27)28/h3-6,8-10,12-14,24H,7,11H2,1-2H3,(H,27,28). The van der Waals surface area contributed by atoms with Crippen molar-refractivity contribution >= 4 is 5.97 Å². The van der Waals surface area contributed by atoms with Gasteiger partial charge in [0.1, 0.15) is 5.75 Å². The highest BCUT2D eigenvalue weighted by atomic mass is 19.3. The highest BCUT2D eigenvalue weighted by Gasteiger charge is 2.17. The molecule has 3 aromatic carbocycles. The van der Waals surface area contributed by atoms with Crippen LogP contribution >= 0.6 is 0 Å². The molecule has 0 aliphatic rings.